The number of fused-ring (bicyclic) bond motifs is 1. The Bertz CT molecular complexity index is 783. The van der Waals surface area contributed by atoms with Crippen LogP contribution in [-0.4, -0.2) is 39.9 Å². The Balaban J connectivity index is 2.05. The molecule has 0 saturated carbocycles. The van der Waals surface area contributed by atoms with E-state index >= 15 is 0 Å². The maximum Gasteiger partial charge on any atom is 0.433 e. The zero-order valence-corrected chi connectivity index (χ0v) is 10.9. The van der Waals surface area contributed by atoms with Crippen molar-refractivity contribution >= 4 is 17.5 Å². The molecule has 21 heavy (non-hydrogen) atoms. The van der Waals surface area contributed by atoms with E-state index in [9.17, 15) is 13.2 Å². The molecule has 110 valence electrons. The SMILES string of the molecule is OCc1nc(Sc2cc(C(F)(F)F)nc3ncnn23)n[nH]1. The van der Waals surface area contributed by atoms with E-state index in [4.69, 9.17) is 5.11 Å². The molecule has 0 aliphatic carbocycles. The Morgan fingerprint density at radius 1 is 1.33 bits per heavy atom. The van der Waals surface area contributed by atoms with Crippen LogP contribution in [0.1, 0.15) is 11.5 Å². The lowest BCUT2D eigenvalue weighted by molar-refractivity contribution is -0.141. The molecule has 0 saturated heterocycles. The number of nitrogens with one attached hydrogen (secondary N) is 1. The van der Waals surface area contributed by atoms with E-state index < -0.39 is 11.9 Å². The zero-order chi connectivity index (χ0) is 15.0. The minimum absolute atomic E-state index is 0.105. The van der Waals surface area contributed by atoms with Crippen molar-refractivity contribution < 1.29 is 18.3 Å². The van der Waals surface area contributed by atoms with Gasteiger partial charge in [0.1, 0.15) is 18.0 Å². The van der Waals surface area contributed by atoms with Crippen molar-refractivity contribution in [3.05, 3.63) is 23.9 Å². The number of H-pyrrole nitrogens is 1. The lowest BCUT2D eigenvalue weighted by atomic mass is 10.4. The van der Waals surface area contributed by atoms with Gasteiger partial charge in [-0.15, -0.1) is 5.10 Å². The van der Waals surface area contributed by atoms with E-state index in [1.54, 1.807) is 0 Å². The van der Waals surface area contributed by atoms with Crippen molar-refractivity contribution in [2.45, 2.75) is 23.0 Å². The van der Waals surface area contributed by atoms with Crippen LogP contribution in [0, 0.1) is 0 Å². The van der Waals surface area contributed by atoms with Gasteiger partial charge in [0.05, 0.1) is 0 Å². The molecule has 0 fully saturated rings. The Morgan fingerprint density at radius 3 is 2.81 bits per heavy atom. The number of nitrogens with zero attached hydrogens (tertiary/aromatic N) is 6. The minimum Gasteiger partial charge on any atom is -0.388 e. The molecule has 0 spiro atoms. The number of aliphatic hydroxyl groups is 1. The molecule has 12 heteroatoms. The van der Waals surface area contributed by atoms with Crippen LogP contribution in [0.25, 0.3) is 5.78 Å². The van der Waals surface area contributed by atoms with Crippen LogP contribution >= 0.6 is 11.8 Å². The third-order valence-electron chi connectivity index (χ3n) is 2.37. The summed E-state index contributed by atoms with van der Waals surface area (Å²) in [5, 5.41) is 19.2. The number of hydrogen-bond donors (Lipinski definition) is 2. The summed E-state index contributed by atoms with van der Waals surface area (Å²) in [5.41, 5.74) is -1.08. The van der Waals surface area contributed by atoms with Gasteiger partial charge >= 0.3 is 6.18 Å². The summed E-state index contributed by atoms with van der Waals surface area (Å²) >= 11 is 0.844. The van der Waals surface area contributed by atoms with Crippen LogP contribution in [-0.2, 0) is 12.8 Å². The van der Waals surface area contributed by atoms with E-state index in [-0.39, 0.29) is 28.4 Å². The summed E-state index contributed by atoms with van der Waals surface area (Å²) in [7, 11) is 0. The second-order valence-corrected chi connectivity index (χ2v) is 4.76. The summed E-state index contributed by atoms with van der Waals surface area (Å²) < 4.78 is 39.5. The van der Waals surface area contributed by atoms with E-state index in [1.165, 1.54) is 0 Å². The highest BCUT2D eigenvalue weighted by Gasteiger charge is 2.34. The molecule has 3 aromatic heterocycles. The lowest BCUT2D eigenvalue weighted by Gasteiger charge is -2.07. The number of rotatable bonds is 3. The average Bonchev–Trinajstić information content (AvgIpc) is 3.05. The van der Waals surface area contributed by atoms with Gasteiger partial charge in [0.25, 0.3) is 5.78 Å². The molecule has 0 bridgehead atoms. The zero-order valence-electron chi connectivity index (χ0n) is 10.0. The fourth-order valence-electron chi connectivity index (χ4n) is 1.49. The normalized spacial score (nSPS) is 12.2. The fourth-order valence-corrected chi connectivity index (χ4v) is 2.31. The first kappa shape index (κ1) is 13.8. The van der Waals surface area contributed by atoms with Crippen molar-refractivity contribution in [3.8, 4) is 0 Å². The monoisotopic (exact) mass is 317 g/mol. The summed E-state index contributed by atoms with van der Waals surface area (Å²) in [5.74, 6) is 0.0303. The Hall–Kier alpha value is -2.21. The molecule has 0 aliphatic rings. The summed E-state index contributed by atoms with van der Waals surface area (Å²) in [4.78, 5) is 10.9. The number of aromatic amines is 1. The number of aliphatic hydroxyl groups excluding tert-OH is 1. The van der Waals surface area contributed by atoms with Gasteiger partial charge < -0.3 is 5.11 Å². The molecule has 0 aliphatic heterocycles. The van der Waals surface area contributed by atoms with Crippen LogP contribution in [0.2, 0.25) is 0 Å². The van der Waals surface area contributed by atoms with Gasteiger partial charge in [0.2, 0.25) is 5.16 Å². The largest absolute Gasteiger partial charge is 0.433 e. The molecule has 8 nitrogen and oxygen atoms in total. The van der Waals surface area contributed by atoms with E-state index in [2.05, 4.69) is 30.2 Å². The average molecular weight is 317 g/mol. The van der Waals surface area contributed by atoms with E-state index in [0.717, 1.165) is 28.7 Å². The van der Waals surface area contributed by atoms with Crippen molar-refractivity contribution in [2.24, 2.45) is 0 Å². The molecule has 0 unspecified atom stereocenters. The van der Waals surface area contributed by atoms with Gasteiger partial charge in [0, 0.05) is 6.07 Å². The Kier molecular flexibility index (Phi) is 3.25. The molecule has 3 aromatic rings. The number of aromatic nitrogens is 7. The van der Waals surface area contributed by atoms with Gasteiger partial charge in [-0.25, -0.2) is 9.97 Å². The van der Waals surface area contributed by atoms with Crippen molar-refractivity contribution in [3.63, 3.8) is 0 Å². The molecule has 0 aromatic carbocycles. The second-order valence-electron chi connectivity index (χ2n) is 3.77. The standard InChI is InChI=1S/C9H6F3N7OS/c10-9(11,12)4-1-6(19-7(15-4)13-3-14-19)21-8-16-5(2-20)17-18-8/h1,3,20H,2H2,(H,16,17,18). The Morgan fingerprint density at radius 2 is 2.14 bits per heavy atom. The quantitative estimate of drug-likeness (QED) is 0.692. The highest BCUT2D eigenvalue weighted by Crippen LogP contribution is 2.32. The molecular weight excluding hydrogens is 311 g/mol. The molecule has 3 heterocycles. The number of hydrogen-bond acceptors (Lipinski definition) is 7. The fraction of sp³-hybridized carbons (Fsp3) is 0.222. The maximum atomic E-state index is 12.8. The molecule has 0 radical (unpaired) electrons. The highest BCUT2D eigenvalue weighted by molar-refractivity contribution is 7.99. The first-order chi connectivity index (χ1) is 9.97. The molecule has 0 atom stereocenters. The Labute approximate surface area is 118 Å². The van der Waals surface area contributed by atoms with E-state index in [0.29, 0.717) is 0 Å². The van der Waals surface area contributed by atoms with Gasteiger partial charge in [-0.05, 0) is 11.8 Å². The minimum atomic E-state index is -4.60. The number of alkyl halides is 3. The van der Waals surface area contributed by atoms with Crippen LogP contribution in [0.4, 0.5) is 13.2 Å². The van der Waals surface area contributed by atoms with Crippen molar-refractivity contribution in [2.75, 3.05) is 0 Å². The molecule has 0 amide bonds. The summed E-state index contributed by atoms with van der Waals surface area (Å²) in [6.45, 7) is -0.351. The van der Waals surface area contributed by atoms with E-state index in [1.807, 2.05) is 0 Å². The van der Waals surface area contributed by atoms with Crippen LogP contribution in [0.5, 0.6) is 0 Å². The highest BCUT2D eigenvalue weighted by atomic mass is 32.2. The smallest absolute Gasteiger partial charge is 0.388 e. The van der Waals surface area contributed by atoms with Crippen LogP contribution in [0.3, 0.4) is 0 Å². The van der Waals surface area contributed by atoms with Crippen molar-refractivity contribution in [1.82, 2.24) is 34.8 Å². The topological polar surface area (TPSA) is 105 Å². The van der Waals surface area contributed by atoms with Crippen molar-refractivity contribution in [1.29, 1.82) is 0 Å². The predicted octanol–water partition coefficient (Wildman–Crippen LogP) is 0.905. The first-order valence-corrected chi connectivity index (χ1v) is 6.27. The van der Waals surface area contributed by atoms with Gasteiger partial charge in [-0.1, -0.05) is 0 Å². The van der Waals surface area contributed by atoms with Gasteiger partial charge in [-0.2, -0.15) is 27.8 Å². The predicted molar refractivity (Wildman–Crippen MR) is 62.2 cm³/mol. The second kappa shape index (κ2) is 4.96. The third kappa shape index (κ3) is 2.67. The maximum absolute atomic E-state index is 12.8. The molecular formula is C9H6F3N7OS. The first-order valence-electron chi connectivity index (χ1n) is 5.45. The molecule has 2 N–H and O–H groups in total. The van der Waals surface area contributed by atoms with Gasteiger partial charge in [0.15, 0.2) is 11.5 Å². The molecule has 3 rings (SSSR count). The lowest BCUT2D eigenvalue weighted by Crippen LogP contribution is -2.10. The van der Waals surface area contributed by atoms with Crippen LogP contribution in [0.15, 0.2) is 22.6 Å². The summed E-state index contributed by atoms with van der Waals surface area (Å²) in [6, 6.07) is 0.835. The third-order valence-corrected chi connectivity index (χ3v) is 3.23. The van der Waals surface area contributed by atoms with Gasteiger partial charge in [-0.3, -0.25) is 5.10 Å². The van der Waals surface area contributed by atoms with Crippen LogP contribution < -0.4 is 0 Å². The summed E-state index contributed by atoms with van der Waals surface area (Å²) in [6.07, 6.45) is -3.50. The number of halogens is 3.